The standard InChI is InChI=1S/C19H22N2O6S/c1-2-26-19(23)14-7-9-16(10-8-14)28(24,25)21-11-3-6-17(21)18(22)20-13-15-5-4-12-27-15/h4-5,7-10,12,17H,2-3,6,11,13H2,1H3,(H,20,22). The molecule has 0 saturated carbocycles. The Labute approximate surface area is 163 Å². The zero-order valence-corrected chi connectivity index (χ0v) is 16.3. The first-order valence-corrected chi connectivity index (χ1v) is 10.5. The van der Waals surface area contributed by atoms with Gasteiger partial charge in [-0.3, -0.25) is 4.79 Å². The van der Waals surface area contributed by atoms with E-state index in [1.807, 2.05) is 0 Å². The zero-order chi connectivity index (χ0) is 20.1. The van der Waals surface area contributed by atoms with Crippen LogP contribution < -0.4 is 5.32 Å². The summed E-state index contributed by atoms with van der Waals surface area (Å²) in [6.45, 7) is 2.40. The lowest BCUT2D eigenvalue weighted by atomic mass is 10.2. The van der Waals surface area contributed by atoms with Crippen LogP contribution in [0.25, 0.3) is 0 Å². The number of rotatable bonds is 7. The van der Waals surface area contributed by atoms with Crippen molar-refractivity contribution in [2.24, 2.45) is 0 Å². The number of carbonyl (C=O) groups excluding carboxylic acids is 2. The van der Waals surface area contributed by atoms with Crippen LogP contribution in [-0.4, -0.2) is 43.8 Å². The largest absolute Gasteiger partial charge is 0.467 e. The molecule has 0 bridgehead atoms. The summed E-state index contributed by atoms with van der Waals surface area (Å²) in [5.41, 5.74) is 0.273. The van der Waals surface area contributed by atoms with Gasteiger partial charge in [0.25, 0.3) is 0 Å². The Hall–Kier alpha value is -2.65. The predicted molar refractivity (Wildman–Crippen MR) is 99.9 cm³/mol. The van der Waals surface area contributed by atoms with Gasteiger partial charge in [-0.05, 0) is 56.2 Å². The Morgan fingerprint density at radius 2 is 2.00 bits per heavy atom. The number of nitrogens with zero attached hydrogens (tertiary/aromatic N) is 1. The van der Waals surface area contributed by atoms with Gasteiger partial charge in [-0.1, -0.05) is 0 Å². The van der Waals surface area contributed by atoms with Crippen LogP contribution in [0.4, 0.5) is 0 Å². The number of sulfonamides is 1. The second kappa shape index (κ2) is 8.57. The fourth-order valence-corrected chi connectivity index (χ4v) is 4.76. The number of hydrogen-bond acceptors (Lipinski definition) is 6. The Morgan fingerprint density at radius 1 is 1.25 bits per heavy atom. The number of nitrogens with one attached hydrogen (secondary N) is 1. The average Bonchev–Trinajstić information content (AvgIpc) is 3.38. The van der Waals surface area contributed by atoms with Crippen molar-refractivity contribution in [1.29, 1.82) is 0 Å². The van der Waals surface area contributed by atoms with Crippen molar-refractivity contribution in [2.45, 2.75) is 37.2 Å². The molecule has 0 aliphatic carbocycles. The van der Waals surface area contributed by atoms with Gasteiger partial charge in [-0.25, -0.2) is 13.2 Å². The molecule has 28 heavy (non-hydrogen) atoms. The highest BCUT2D eigenvalue weighted by atomic mass is 32.2. The van der Waals surface area contributed by atoms with Crippen molar-refractivity contribution in [2.75, 3.05) is 13.2 Å². The first-order valence-electron chi connectivity index (χ1n) is 9.02. The van der Waals surface area contributed by atoms with Crippen LogP contribution in [0.15, 0.2) is 52.0 Å². The normalized spacial score (nSPS) is 17.4. The zero-order valence-electron chi connectivity index (χ0n) is 15.5. The topological polar surface area (TPSA) is 106 Å². The summed E-state index contributed by atoms with van der Waals surface area (Å²) >= 11 is 0. The molecule has 8 nitrogen and oxygen atoms in total. The van der Waals surface area contributed by atoms with E-state index in [4.69, 9.17) is 9.15 Å². The van der Waals surface area contributed by atoms with E-state index in [0.29, 0.717) is 18.6 Å². The molecule has 0 spiro atoms. The minimum Gasteiger partial charge on any atom is -0.467 e. The van der Waals surface area contributed by atoms with Crippen molar-refractivity contribution in [1.82, 2.24) is 9.62 Å². The molecule has 1 saturated heterocycles. The summed E-state index contributed by atoms with van der Waals surface area (Å²) in [5, 5.41) is 2.72. The Morgan fingerprint density at radius 3 is 2.64 bits per heavy atom. The quantitative estimate of drug-likeness (QED) is 0.704. The maximum absolute atomic E-state index is 13.0. The fourth-order valence-electron chi connectivity index (χ4n) is 3.11. The third kappa shape index (κ3) is 4.26. The van der Waals surface area contributed by atoms with Crippen LogP contribution in [0.3, 0.4) is 0 Å². The van der Waals surface area contributed by atoms with Crippen molar-refractivity contribution in [3.05, 3.63) is 54.0 Å². The number of ether oxygens (including phenoxy) is 1. The SMILES string of the molecule is CCOC(=O)c1ccc(S(=O)(=O)N2CCCC2C(=O)NCc2ccco2)cc1. The first-order chi connectivity index (χ1) is 13.4. The Kier molecular flexibility index (Phi) is 6.15. The lowest BCUT2D eigenvalue weighted by molar-refractivity contribution is -0.124. The molecular weight excluding hydrogens is 384 g/mol. The Balaban J connectivity index is 1.72. The minimum absolute atomic E-state index is 0.0336. The van der Waals surface area contributed by atoms with Crippen LogP contribution in [-0.2, 0) is 26.1 Å². The van der Waals surface area contributed by atoms with Gasteiger partial charge in [0.1, 0.15) is 11.8 Å². The number of hydrogen-bond donors (Lipinski definition) is 1. The first kappa shape index (κ1) is 20.1. The summed E-state index contributed by atoms with van der Waals surface area (Å²) < 4.78 is 37.3. The van der Waals surface area contributed by atoms with Gasteiger partial charge >= 0.3 is 5.97 Å². The highest BCUT2D eigenvalue weighted by Gasteiger charge is 2.39. The molecule has 1 amide bonds. The van der Waals surface area contributed by atoms with E-state index in [1.54, 1.807) is 19.1 Å². The van der Waals surface area contributed by atoms with Gasteiger partial charge in [-0.2, -0.15) is 4.31 Å². The van der Waals surface area contributed by atoms with E-state index in [1.165, 1.54) is 34.8 Å². The third-order valence-electron chi connectivity index (χ3n) is 4.50. The van der Waals surface area contributed by atoms with Crippen molar-refractivity contribution < 1.29 is 27.2 Å². The van der Waals surface area contributed by atoms with E-state index in [0.717, 1.165) is 0 Å². The van der Waals surface area contributed by atoms with Gasteiger partial charge in [0.15, 0.2) is 0 Å². The molecule has 3 rings (SSSR count). The van der Waals surface area contributed by atoms with Crippen LogP contribution in [0.1, 0.15) is 35.9 Å². The number of carbonyl (C=O) groups is 2. The highest BCUT2D eigenvalue weighted by Crippen LogP contribution is 2.26. The van der Waals surface area contributed by atoms with Gasteiger partial charge in [-0.15, -0.1) is 0 Å². The summed E-state index contributed by atoms with van der Waals surface area (Å²) in [6.07, 6.45) is 2.55. The molecule has 1 unspecified atom stereocenters. The lowest BCUT2D eigenvalue weighted by Crippen LogP contribution is -2.45. The molecule has 1 N–H and O–H groups in total. The van der Waals surface area contributed by atoms with E-state index in [2.05, 4.69) is 5.32 Å². The second-order valence-electron chi connectivity index (χ2n) is 6.32. The number of amides is 1. The van der Waals surface area contributed by atoms with E-state index >= 15 is 0 Å². The smallest absolute Gasteiger partial charge is 0.338 e. The summed E-state index contributed by atoms with van der Waals surface area (Å²) in [5.74, 6) is -0.279. The number of esters is 1. The molecule has 2 aromatic rings. The summed E-state index contributed by atoms with van der Waals surface area (Å²) in [4.78, 5) is 24.3. The van der Waals surface area contributed by atoms with Crippen LogP contribution >= 0.6 is 0 Å². The van der Waals surface area contributed by atoms with Gasteiger partial charge in [0, 0.05) is 6.54 Å². The van der Waals surface area contributed by atoms with Crippen molar-refractivity contribution >= 4 is 21.9 Å². The van der Waals surface area contributed by atoms with Gasteiger partial charge in [0.2, 0.25) is 15.9 Å². The molecule has 2 heterocycles. The molecular formula is C19H22N2O6S. The maximum Gasteiger partial charge on any atom is 0.338 e. The second-order valence-corrected chi connectivity index (χ2v) is 8.21. The Bertz CT molecular complexity index is 922. The molecule has 0 radical (unpaired) electrons. The predicted octanol–water partition coefficient (Wildman–Crippen LogP) is 1.93. The molecule has 150 valence electrons. The van der Waals surface area contributed by atoms with Crippen LogP contribution in [0.2, 0.25) is 0 Å². The number of benzene rings is 1. The molecule has 1 aromatic carbocycles. The fraction of sp³-hybridized carbons (Fsp3) is 0.368. The summed E-state index contributed by atoms with van der Waals surface area (Å²) in [6, 6.07) is 8.21. The molecule has 1 aliphatic heterocycles. The molecule has 9 heteroatoms. The average molecular weight is 406 g/mol. The van der Waals surface area contributed by atoms with Crippen molar-refractivity contribution in [3.63, 3.8) is 0 Å². The molecule has 1 aromatic heterocycles. The maximum atomic E-state index is 13.0. The monoisotopic (exact) mass is 406 g/mol. The van der Waals surface area contributed by atoms with E-state index < -0.39 is 22.0 Å². The van der Waals surface area contributed by atoms with Crippen molar-refractivity contribution in [3.8, 4) is 0 Å². The molecule has 1 aliphatic rings. The molecule has 1 atom stereocenters. The molecule has 1 fully saturated rings. The summed E-state index contributed by atoms with van der Waals surface area (Å²) in [7, 11) is -3.86. The van der Waals surface area contributed by atoms with Gasteiger partial charge in [0.05, 0.1) is 29.9 Å². The lowest BCUT2D eigenvalue weighted by Gasteiger charge is -2.23. The van der Waals surface area contributed by atoms with Crippen LogP contribution in [0, 0.1) is 0 Å². The highest BCUT2D eigenvalue weighted by molar-refractivity contribution is 7.89. The number of furan rings is 1. The van der Waals surface area contributed by atoms with Gasteiger partial charge < -0.3 is 14.5 Å². The van der Waals surface area contributed by atoms with E-state index in [-0.39, 0.29) is 36.1 Å². The minimum atomic E-state index is -3.86. The third-order valence-corrected chi connectivity index (χ3v) is 6.42. The van der Waals surface area contributed by atoms with Crippen LogP contribution in [0.5, 0.6) is 0 Å². The van der Waals surface area contributed by atoms with E-state index in [9.17, 15) is 18.0 Å².